The molecule has 0 saturated carbocycles. The number of hydrogen-bond donors (Lipinski definition) is 1. The van der Waals surface area contributed by atoms with Crippen molar-refractivity contribution in [2.24, 2.45) is 5.92 Å². The van der Waals surface area contributed by atoms with E-state index in [0.717, 1.165) is 10.8 Å². The van der Waals surface area contributed by atoms with E-state index >= 15 is 0 Å². The van der Waals surface area contributed by atoms with E-state index in [9.17, 15) is 22.0 Å². The van der Waals surface area contributed by atoms with Crippen molar-refractivity contribution in [3.8, 4) is 0 Å². The van der Waals surface area contributed by atoms with Gasteiger partial charge in [-0.1, -0.05) is 41.7 Å². The summed E-state index contributed by atoms with van der Waals surface area (Å²) in [6.45, 7) is 0.400. The van der Waals surface area contributed by atoms with Crippen molar-refractivity contribution in [1.29, 1.82) is 0 Å². The van der Waals surface area contributed by atoms with Crippen LogP contribution in [0, 0.1) is 5.92 Å². The molecule has 1 fully saturated rings. The van der Waals surface area contributed by atoms with Crippen molar-refractivity contribution in [2.75, 3.05) is 18.4 Å². The van der Waals surface area contributed by atoms with E-state index in [4.69, 9.17) is 0 Å². The fourth-order valence-electron chi connectivity index (χ4n) is 3.42. The number of amides is 1. The first-order chi connectivity index (χ1) is 14.3. The highest BCUT2D eigenvalue weighted by atomic mass is 32.2. The molecule has 1 saturated heterocycles. The van der Waals surface area contributed by atoms with Crippen LogP contribution >= 0.6 is 11.3 Å². The molecule has 7 nitrogen and oxygen atoms in total. The summed E-state index contributed by atoms with van der Waals surface area (Å²) in [4.78, 5) is 12.6. The lowest BCUT2D eigenvalue weighted by Gasteiger charge is -2.30. The fraction of sp³-hybridized carbons (Fsp3) is 0.316. The predicted molar refractivity (Wildman–Crippen MR) is 109 cm³/mol. The molecule has 30 heavy (non-hydrogen) atoms. The summed E-state index contributed by atoms with van der Waals surface area (Å²) in [6, 6.07) is 12.5. The highest BCUT2D eigenvalue weighted by molar-refractivity contribution is 7.89. The number of fused-ring (bicyclic) bond motifs is 1. The van der Waals surface area contributed by atoms with Gasteiger partial charge in [0, 0.05) is 19.0 Å². The third-order valence-electron chi connectivity index (χ3n) is 5.04. The molecule has 0 spiro atoms. The lowest BCUT2D eigenvalue weighted by Crippen LogP contribution is -2.41. The normalized spacial score (nSPS) is 16.2. The monoisotopic (exact) mass is 452 g/mol. The minimum Gasteiger partial charge on any atom is -0.300 e. The van der Waals surface area contributed by atoms with Gasteiger partial charge in [-0.15, -0.1) is 10.2 Å². The molecule has 0 bridgehead atoms. The lowest BCUT2D eigenvalue weighted by atomic mass is 9.97. The van der Waals surface area contributed by atoms with Gasteiger partial charge in [0.15, 0.2) is 5.01 Å². The van der Waals surface area contributed by atoms with Gasteiger partial charge in [-0.05, 0) is 35.7 Å². The Morgan fingerprint density at radius 1 is 1.10 bits per heavy atom. The second-order valence-electron chi connectivity index (χ2n) is 6.92. The van der Waals surface area contributed by atoms with E-state index in [1.807, 2.05) is 24.3 Å². The number of halogens is 2. The highest BCUT2D eigenvalue weighted by Crippen LogP contribution is 2.28. The summed E-state index contributed by atoms with van der Waals surface area (Å²) in [5, 5.41) is 10.7. The number of anilines is 1. The molecule has 1 aromatic heterocycles. The number of nitrogens with one attached hydrogen (secondary N) is 1. The number of alkyl halides is 2. The third-order valence-corrected chi connectivity index (χ3v) is 7.78. The van der Waals surface area contributed by atoms with Crippen LogP contribution in [0.4, 0.5) is 13.9 Å². The van der Waals surface area contributed by atoms with Gasteiger partial charge in [0.1, 0.15) is 0 Å². The second-order valence-corrected chi connectivity index (χ2v) is 9.87. The molecule has 4 rings (SSSR count). The van der Waals surface area contributed by atoms with Crippen molar-refractivity contribution in [3.63, 3.8) is 0 Å². The molecule has 1 aliphatic rings. The van der Waals surface area contributed by atoms with Crippen molar-refractivity contribution in [3.05, 3.63) is 47.5 Å². The van der Waals surface area contributed by atoms with Crippen molar-refractivity contribution in [1.82, 2.24) is 14.5 Å². The SMILES string of the molecule is O=C(Nc1nnc(C(F)F)s1)C1CCN(S(=O)(=O)c2ccc3ccccc3c2)CC1. The Balaban J connectivity index is 1.40. The topological polar surface area (TPSA) is 92.3 Å². The van der Waals surface area contributed by atoms with Gasteiger partial charge < -0.3 is 5.32 Å². The van der Waals surface area contributed by atoms with E-state index < -0.39 is 27.4 Å². The summed E-state index contributed by atoms with van der Waals surface area (Å²) in [7, 11) is -3.67. The van der Waals surface area contributed by atoms with Crippen LogP contribution in [0.1, 0.15) is 24.3 Å². The van der Waals surface area contributed by atoms with Gasteiger partial charge in [0.25, 0.3) is 6.43 Å². The number of aromatic nitrogens is 2. The van der Waals surface area contributed by atoms with Gasteiger partial charge in [0.2, 0.25) is 21.1 Å². The van der Waals surface area contributed by atoms with Crippen LogP contribution in [0.25, 0.3) is 10.8 Å². The number of piperidine rings is 1. The van der Waals surface area contributed by atoms with Gasteiger partial charge >= 0.3 is 0 Å². The maximum atomic E-state index is 13.0. The van der Waals surface area contributed by atoms with Crippen LogP contribution in [-0.2, 0) is 14.8 Å². The molecule has 1 aliphatic heterocycles. The molecule has 0 unspecified atom stereocenters. The van der Waals surface area contributed by atoms with Crippen LogP contribution in [0.3, 0.4) is 0 Å². The van der Waals surface area contributed by atoms with E-state index in [-0.39, 0.29) is 29.0 Å². The number of hydrogen-bond acceptors (Lipinski definition) is 6. The van der Waals surface area contributed by atoms with Gasteiger partial charge in [-0.3, -0.25) is 4.79 Å². The lowest BCUT2D eigenvalue weighted by molar-refractivity contribution is -0.120. The van der Waals surface area contributed by atoms with Gasteiger partial charge in [0.05, 0.1) is 4.90 Å². The summed E-state index contributed by atoms with van der Waals surface area (Å²) in [6.07, 6.45) is -2.07. The molecule has 0 aliphatic carbocycles. The summed E-state index contributed by atoms with van der Waals surface area (Å²) < 4.78 is 52.6. The molecule has 0 radical (unpaired) electrons. The molecule has 0 atom stereocenters. The molecule has 1 N–H and O–H groups in total. The van der Waals surface area contributed by atoms with E-state index in [1.54, 1.807) is 18.2 Å². The fourth-order valence-corrected chi connectivity index (χ4v) is 5.52. The van der Waals surface area contributed by atoms with Crippen molar-refractivity contribution < 1.29 is 22.0 Å². The first-order valence-electron chi connectivity index (χ1n) is 9.26. The average molecular weight is 453 g/mol. The predicted octanol–water partition coefficient (Wildman–Crippen LogP) is 3.67. The highest BCUT2D eigenvalue weighted by Gasteiger charge is 2.32. The van der Waals surface area contributed by atoms with Crippen LogP contribution in [0.5, 0.6) is 0 Å². The van der Waals surface area contributed by atoms with Crippen molar-refractivity contribution >= 4 is 43.2 Å². The number of benzene rings is 2. The number of carbonyl (C=O) groups excluding carboxylic acids is 1. The largest absolute Gasteiger partial charge is 0.300 e. The number of nitrogens with zero attached hydrogens (tertiary/aromatic N) is 3. The van der Waals surface area contributed by atoms with Crippen LogP contribution in [-0.4, -0.2) is 41.9 Å². The van der Waals surface area contributed by atoms with Crippen molar-refractivity contribution in [2.45, 2.75) is 24.2 Å². The zero-order valence-corrected chi connectivity index (χ0v) is 17.3. The zero-order chi connectivity index (χ0) is 21.3. The van der Waals surface area contributed by atoms with Crippen LogP contribution in [0.2, 0.25) is 0 Å². The molecular formula is C19H18F2N4O3S2. The molecule has 2 aromatic carbocycles. The zero-order valence-electron chi connectivity index (χ0n) is 15.7. The Kier molecular flexibility index (Phi) is 5.76. The minimum atomic E-state index is -3.67. The average Bonchev–Trinajstić information content (AvgIpc) is 3.22. The Hall–Kier alpha value is -2.50. The van der Waals surface area contributed by atoms with Gasteiger partial charge in [-0.25, -0.2) is 17.2 Å². The Morgan fingerprint density at radius 3 is 2.47 bits per heavy atom. The molecular weight excluding hydrogens is 434 g/mol. The number of rotatable bonds is 5. The maximum absolute atomic E-state index is 13.0. The summed E-state index contributed by atoms with van der Waals surface area (Å²) >= 11 is 0.626. The van der Waals surface area contributed by atoms with Crippen LogP contribution in [0.15, 0.2) is 47.4 Å². The minimum absolute atomic E-state index is 0.0153. The maximum Gasteiger partial charge on any atom is 0.291 e. The molecule has 1 amide bonds. The smallest absolute Gasteiger partial charge is 0.291 e. The molecule has 3 aromatic rings. The third kappa shape index (κ3) is 4.18. The quantitative estimate of drug-likeness (QED) is 0.638. The van der Waals surface area contributed by atoms with Gasteiger partial charge in [-0.2, -0.15) is 4.31 Å². The summed E-state index contributed by atoms with van der Waals surface area (Å²) in [5.41, 5.74) is 0. The Bertz CT molecular complexity index is 1180. The Morgan fingerprint density at radius 2 is 1.80 bits per heavy atom. The molecule has 11 heteroatoms. The first-order valence-corrected chi connectivity index (χ1v) is 11.5. The molecule has 158 valence electrons. The van der Waals surface area contributed by atoms with E-state index in [1.165, 1.54) is 4.31 Å². The first kappa shape index (κ1) is 20.8. The number of sulfonamides is 1. The molecule has 2 heterocycles. The summed E-state index contributed by atoms with van der Waals surface area (Å²) in [5.74, 6) is -0.790. The van der Waals surface area contributed by atoms with E-state index in [2.05, 4.69) is 15.5 Å². The number of carbonyl (C=O) groups is 1. The van der Waals surface area contributed by atoms with Crippen LogP contribution < -0.4 is 5.32 Å². The standard InChI is InChI=1S/C19H18F2N4O3S2/c20-16(21)18-23-24-19(29-18)22-17(26)13-7-9-25(10-8-13)30(27,28)15-6-5-12-3-1-2-4-14(12)11-15/h1-6,11,13,16H,7-10H2,(H,22,24,26). The van der Waals surface area contributed by atoms with E-state index in [0.29, 0.717) is 24.2 Å². The Labute approximate surface area is 175 Å². The second kappa shape index (κ2) is 8.32.